The molecule has 0 aromatic heterocycles. The monoisotopic (exact) mass is 432 g/mol. The van der Waals surface area contributed by atoms with Crippen LogP contribution in [0.2, 0.25) is 0 Å². The largest absolute Gasteiger partial charge is 0.409 e. The van der Waals surface area contributed by atoms with Crippen LogP contribution in [-0.2, 0) is 0 Å². The molecule has 0 heterocycles. The van der Waals surface area contributed by atoms with E-state index in [0.29, 0.717) is 33.6 Å². The molecule has 0 spiro atoms. The second kappa shape index (κ2) is 9.76. The Labute approximate surface area is 182 Å². The van der Waals surface area contributed by atoms with Gasteiger partial charge in [0.1, 0.15) is 0 Å². The third-order valence-electron chi connectivity index (χ3n) is 4.50. The Morgan fingerprint density at radius 1 is 0.562 bits per heavy atom. The Kier molecular flexibility index (Phi) is 6.66. The lowest BCUT2D eigenvalue weighted by atomic mass is 10.1. The van der Waals surface area contributed by atoms with Crippen LogP contribution in [0.4, 0.5) is 11.4 Å². The molecule has 8 N–H and O–H groups in total. The first-order chi connectivity index (χ1) is 15.4. The van der Waals surface area contributed by atoms with Crippen LogP contribution in [0.25, 0.3) is 0 Å². The number of nitrogens with two attached hydrogens (primary N) is 2. The molecule has 10 heteroatoms. The first-order valence-electron chi connectivity index (χ1n) is 9.30. The van der Waals surface area contributed by atoms with Gasteiger partial charge >= 0.3 is 0 Å². The average molecular weight is 432 g/mol. The molecule has 10 nitrogen and oxygen atoms in total. The van der Waals surface area contributed by atoms with E-state index in [4.69, 9.17) is 21.9 Å². The number of carbonyl (C=O) groups excluding carboxylic acids is 2. The Hall–Kier alpha value is -4.86. The topological polar surface area (TPSA) is 175 Å². The quantitative estimate of drug-likeness (QED) is 0.151. The van der Waals surface area contributed by atoms with Gasteiger partial charge in [0.2, 0.25) is 0 Å². The Morgan fingerprint density at radius 2 is 0.844 bits per heavy atom. The maximum atomic E-state index is 12.4. The highest BCUT2D eigenvalue weighted by Crippen LogP contribution is 2.16. The minimum absolute atomic E-state index is 0.0475. The number of nitrogens with zero attached hydrogens (tertiary/aromatic N) is 2. The normalized spacial score (nSPS) is 11.6. The number of amides is 2. The fourth-order valence-electron chi connectivity index (χ4n) is 2.74. The van der Waals surface area contributed by atoms with Crippen molar-refractivity contribution < 1.29 is 20.0 Å². The molecular formula is C22H20N6O4. The van der Waals surface area contributed by atoms with Crippen LogP contribution in [0.3, 0.4) is 0 Å². The van der Waals surface area contributed by atoms with Gasteiger partial charge in [-0.3, -0.25) is 9.59 Å². The van der Waals surface area contributed by atoms with E-state index < -0.39 is 0 Å². The van der Waals surface area contributed by atoms with E-state index in [1.54, 1.807) is 72.8 Å². The lowest BCUT2D eigenvalue weighted by Gasteiger charge is -2.09. The van der Waals surface area contributed by atoms with Crippen LogP contribution in [0, 0.1) is 0 Å². The van der Waals surface area contributed by atoms with Crippen molar-refractivity contribution in [1.29, 1.82) is 0 Å². The highest BCUT2D eigenvalue weighted by molar-refractivity contribution is 6.07. The van der Waals surface area contributed by atoms with Crippen molar-refractivity contribution in [1.82, 2.24) is 0 Å². The maximum absolute atomic E-state index is 12.4. The van der Waals surface area contributed by atoms with Gasteiger partial charge in [0, 0.05) is 33.6 Å². The first kappa shape index (κ1) is 21.8. The van der Waals surface area contributed by atoms with Gasteiger partial charge in [-0.15, -0.1) is 0 Å². The summed E-state index contributed by atoms with van der Waals surface area (Å²) in [5, 5.41) is 28.7. The number of amidine groups is 2. The zero-order valence-corrected chi connectivity index (χ0v) is 16.7. The summed E-state index contributed by atoms with van der Waals surface area (Å²) in [6, 6.07) is 19.1. The Bertz CT molecular complexity index is 1080. The van der Waals surface area contributed by atoms with Crippen molar-refractivity contribution in [3.63, 3.8) is 0 Å². The number of hydrogen-bond acceptors (Lipinski definition) is 6. The van der Waals surface area contributed by atoms with Crippen LogP contribution in [-0.4, -0.2) is 33.9 Å². The lowest BCUT2D eigenvalue weighted by Crippen LogP contribution is -2.15. The van der Waals surface area contributed by atoms with Crippen molar-refractivity contribution >= 4 is 34.9 Å². The number of benzene rings is 3. The molecule has 3 rings (SSSR count). The third-order valence-corrected chi connectivity index (χ3v) is 4.50. The Balaban J connectivity index is 1.61. The van der Waals surface area contributed by atoms with Gasteiger partial charge in [-0.1, -0.05) is 34.6 Å². The molecule has 0 fully saturated rings. The molecule has 0 saturated heterocycles. The summed E-state index contributed by atoms with van der Waals surface area (Å²) in [4.78, 5) is 24.8. The average Bonchev–Trinajstić information content (AvgIpc) is 2.84. The summed E-state index contributed by atoms with van der Waals surface area (Å²) in [6.07, 6.45) is 0. The highest BCUT2D eigenvalue weighted by Gasteiger charge is 2.09. The minimum atomic E-state index is -0.335. The van der Waals surface area contributed by atoms with Crippen molar-refractivity contribution in [2.24, 2.45) is 21.8 Å². The molecule has 32 heavy (non-hydrogen) atoms. The molecule has 0 aliphatic rings. The molecule has 0 radical (unpaired) electrons. The van der Waals surface area contributed by atoms with E-state index in [0.717, 1.165) is 0 Å². The number of oxime groups is 2. The SMILES string of the molecule is N/C(=N\O)c1ccc(C(=O)Nc2ccc(NC(=O)c3ccc(/C(N)=N/O)cc3)cc2)cc1. The summed E-state index contributed by atoms with van der Waals surface area (Å²) in [7, 11) is 0. The zero-order valence-electron chi connectivity index (χ0n) is 16.7. The van der Waals surface area contributed by atoms with Gasteiger partial charge in [-0.05, 0) is 48.5 Å². The maximum Gasteiger partial charge on any atom is 0.255 e. The minimum Gasteiger partial charge on any atom is -0.409 e. The van der Waals surface area contributed by atoms with Crippen LogP contribution in [0.1, 0.15) is 31.8 Å². The summed E-state index contributed by atoms with van der Waals surface area (Å²) < 4.78 is 0. The summed E-state index contributed by atoms with van der Waals surface area (Å²) in [6.45, 7) is 0. The van der Waals surface area contributed by atoms with Gasteiger partial charge in [-0.25, -0.2) is 0 Å². The molecule has 0 saturated carbocycles. The zero-order chi connectivity index (χ0) is 23.1. The van der Waals surface area contributed by atoms with E-state index in [1.807, 2.05) is 0 Å². The first-order valence-corrected chi connectivity index (χ1v) is 9.30. The van der Waals surface area contributed by atoms with Gasteiger partial charge in [0.05, 0.1) is 0 Å². The van der Waals surface area contributed by atoms with E-state index >= 15 is 0 Å². The second-order valence-corrected chi connectivity index (χ2v) is 6.61. The van der Waals surface area contributed by atoms with Crippen molar-refractivity contribution in [2.45, 2.75) is 0 Å². The van der Waals surface area contributed by atoms with Crippen LogP contribution in [0.5, 0.6) is 0 Å². The number of hydrogen-bond donors (Lipinski definition) is 6. The van der Waals surface area contributed by atoms with Crippen molar-refractivity contribution in [3.8, 4) is 0 Å². The lowest BCUT2D eigenvalue weighted by molar-refractivity contribution is 0.101. The number of rotatable bonds is 6. The van der Waals surface area contributed by atoms with Crippen molar-refractivity contribution in [2.75, 3.05) is 10.6 Å². The molecule has 3 aromatic carbocycles. The van der Waals surface area contributed by atoms with Crippen LogP contribution >= 0.6 is 0 Å². The predicted molar refractivity (Wildman–Crippen MR) is 120 cm³/mol. The van der Waals surface area contributed by atoms with E-state index in [9.17, 15) is 9.59 Å². The smallest absolute Gasteiger partial charge is 0.255 e. The molecule has 3 aromatic rings. The number of nitrogens with one attached hydrogen (secondary N) is 2. The van der Waals surface area contributed by atoms with E-state index in [1.165, 1.54) is 0 Å². The fraction of sp³-hybridized carbons (Fsp3) is 0. The summed E-state index contributed by atoms with van der Waals surface area (Å²) >= 11 is 0. The van der Waals surface area contributed by atoms with Gasteiger partial charge < -0.3 is 32.5 Å². The molecule has 0 atom stereocenters. The fourth-order valence-corrected chi connectivity index (χ4v) is 2.74. The summed E-state index contributed by atoms with van der Waals surface area (Å²) in [5.41, 5.74) is 13.9. The highest BCUT2D eigenvalue weighted by atomic mass is 16.4. The molecular weight excluding hydrogens is 412 g/mol. The molecule has 162 valence electrons. The third kappa shape index (κ3) is 5.19. The van der Waals surface area contributed by atoms with E-state index in [2.05, 4.69) is 20.9 Å². The van der Waals surface area contributed by atoms with Crippen LogP contribution in [0.15, 0.2) is 83.1 Å². The molecule has 0 unspecified atom stereocenters. The number of carbonyl (C=O) groups is 2. The second-order valence-electron chi connectivity index (χ2n) is 6.61. The van der Waals surface area contributed by atoms with Crippen molar-refractivity contribution in [3.05, 3.63) is 95.1 Å². The van der Waals surface area contributed by atoms with Gasteiger partial charge in [-0.2, -0.15) is 0 Å². The number of anilines is 2. The molecule has 0 bridgehead atoms. The standard InChI is InChI=1S/C22H20N6O4/c23-19(27-31)13-1-5-15(6-2-13)21(29)25-17-9-11-18(12-10-17)26-22(30)16-7-3-14(4-8-16)20(24)28-32/h1-12,31-32H,(H2,23,27)(H2,24,28)(H,25,29)(H,26,30). The predicted octanol–water partition coefficient (Wildman–Crippen LogP) is 2.38. The molecule has 2 amide bonds. The molecule has 0 aliphatic carbocycles. The van der Waals surface area contributed by atoms with Gasteiger partial charge in [0.15, 0.2) is 11.7 Å². The van der Waals surface area contributed by atoms with Gasteiger partial charge in [0.25, 0.3) is 11.8 Å². The summed E-state index contributed by atoms with van der Waals surface area (Å²) in [5.74, 6) is -0.764. The van der Waals surface area contributed by atoms with E-state index in [-0.39, 0.29) is 23.5 Å². The molecule has 0 aliphatic heterocycles. The van der Waals surface area contributed by atoms with Crippen LogP contribution < -0.4 is 22.1 Å². The Morgan fingerprint density at radius 3 is 1.12 bits per heavy atom.